The lowest BCUT2D eigenvalue weighted by Crippen LogP contribution is -2.14. The van der Waals surface area contributed by atoms with E-state index in [0.717, 1.165) is 5.56 Å². The van der Waals surface area contributed by atoms with Gasteiger partial charge in [-0.1, -0.05) is 29.8 Å². The molecule has 0 heterocycles. The summed E-state index contributed by atoms with van der Waals surface area (Å²) >= 11 is 0. The summed E-state index contributed by atoms with van der Waals surface area (Å²) in [6.07, 6.45) is 0. The Bertz CT molecular complexity index is 971. The van der Waals surface area contributed by atoms with Gasteiger partial charge in [-0.25, -0.2) is 12.8 Å². The van der Waals surface area contributed by atoms with Gasteiger partial charge in [0.25, 0.3) is 0 Å². The summed E-state index contributed by atoms with van der Waals surface area (Å²) in [4.78, 5) is 0.0619. The van der Waals surface area contributed by atoms with Crippen LogP contribution in [0.4, 0.5) is 4.39 Å². The van der Waals surface area contributed by atoms with Crippen molar-refractivity contribution in [2.45, 2.75) is 23.0 Å². The molecule has 4 nitrogen and oxygen atoms in total. The van der Waals surface area contributed by atoms with Crippen molar-refractivity contribution in [3.63, 3.8) is 0 Å². The van der Waals surface area contributed by atoms with Crippen LogP contribution in [0.15, 0.2) is 53.4 Å². The van der Waals surface area contributed by atoms with Crippen LogP contribution in [0.25, 0.3) is 0 Å². The van der Waals surface area contributed by atoms with E-state index in [9.17, 15) is 23.3 Å². The van der Waals surface area contributed by atoms with Crippen molar-refractivity contribution in [2.24, 2.45) is 5.41 Å². The average molecular weight is 340 g/mol. The molecule has 1 aliphatic rings. The number of aryl methyl sites for hydroxylation is 1. The summed E-state index contributed by atoms with van der Waals surface area (Å²) in [5, 5.41) is 17.7. The maximum Gasteiger partial charge on any atom is 0.184 e. The topological polar surface area (TPSA) is 81.7 Å². The van der Waals surface area contributed by atoms with Crippen LogP contribution in [-0.4, -0.2) is 13.7 Å². The maximum atomic E-state index is 13.5. The Morgan fingerprint density at radius 3 is 2.25 bits per heavy atom. The van der Waals surface area contributed by atoms with Gasteiger partial charge in [-0.15, -0.1) is 0 Å². The van der Waals surface area contributed by atoms with Crippen LogP contribution >= 0.6 is 0 Å². The third kappa shape index (κ3) is 2.28. The number of benzene rings is 2. The molecule has 0 amide bonds. The molecule has 0 N–H and O–H groups in total. The fourth-order valence-corrected chi connectivity index (χ4v) is 5.29. The Hall–Kier alpha value is -2.70. The Labute approximate surface area is 139 Å². The van der Waals surface area contributed by atoms with Gasteiger partial charge >= 0.3 is 0 Å². The third-order valence-electron chi connectivity index (χ3n) is 4.39. The standard InChI is InChI=1S/C18H13FN2O2S/c1-12-5-7-15(8-6-12)24(22,23)17-16(18(17,10-20)11-21)13-3-2-4-14(19)9-13/h2-9,16-17H,1H3. The lowest BCUT2D eigenvalue weighted by molar-refractivity contribution is 0.591. The number of nitrogens with zero attached hydrogens (tertiary/aromatic N) is 2. The monoisotopic (exact) mass is 340 g/mol. The van der Waals surface area contributed by atoms with Crippen molar-refractivity contribution in [2.75, 3.05) is 0 Å². The molecule has 2 atom stereocenters. The van der Waals surface area contributed by atoms with Crippen LogP contribution in [0.5, 0.6) is 0 Å². The quantitative estimate of drug-likeness (QED) is 0.859. The molecular formula is C18H13FN2O2S. The highest BCUT2D eigenvalue weighted by Crippen LogP contribution is 2.63. The van der Waals surface area contributed by atoms with E-state index in [0.29, 0.717) is 5.56 Å². The zero-order valence-electron chi connectivity index (χ0n) is 12.8. The van der Waals surface area contributed by atoms with E-state index in [2.05, 4.69) is 0 Å². The SMILES string of the molecule is Cc1ccc(S(=O)(=O)C2C(c3cccc(F)c3)C2(C#N)C#N)cc1. The van der Waals surface area contributed by atoms with Crippen molar-refractivity contribution in [3.8, 4) is 12.1 Å². The number of sulfone groups is 1. The average Bonchev–Trinajstić information content (AvgIpc) is 3.26. The van der Waals surface area contributed by atoms with Crippen LogP contribution in [0, 0.1) is 40.8 Å². The van der Waals surface area contributed by atoms with E-state index in [4.69, 9.17) is 0 Å². The molecule has 6 heteroatoms. The number of halogens is 1. The zero-order valence-corrected chi connectivity index (χ0v) is 13.6. The molecule has 1 fully saturated rings. The number of hydrogen-bond donors (Lipinski definition) is 0. The van der Waals surface area contributed by atoms with Crippen molar-refractivity contribution in [1.29, 1.82) is 10.5 Å². The van der Waals surface area contributed by atoms with Crippen LogP contribution in [0.2, 0.25) is 0 Å². The summed E-state index contributed by atoms with van der Waals surface area (Å²) in [6.45, 7) is 1.83. The van der Waals surface area contributed by atoms with Gasteiger partial charge in [0.2, 0.25) is 0 Å². The highest BCUT2D eigenvalue weighted by molar-refractivity contribution is 7.92. The minimum Gasteiger partial charge on any atom is -0.223 e. The highest BCUT2D eigenvalue weighted by Gasteiger charge is 2.73. The molecule has 2 aromatic rings. The number of hydrogen-bond acceptors (Lipinski definition) is 4. The molecule has 0 spiro atoms. The fourth-order valence-electron chi connectivity index (χ4n) is 3.08. The van der Waals surface area contributed by atoms with E-state index < -0.39 is 32.2 Å². The number of rotatable bonds is 3. The molecule has 0 radical (unpaired) electrons. The highest BCUT2D eigenvalue weighted by atomic mass is 32.2. The third-order valence-corrected chi connectivity index (χ3v) is 6.64. The smallest absolute Gasteiger partial charge is 0.184 e. The fraction of sp³-hybridized carbons (Fsp3) is 0.222. The van der Waals surface area contributed by atoms with E-state index >= 15 is 0 Å². The van der Waals surface area contributed by atoms with Gasteiger partial charge in [-0.3, -0.25) is 0 Å². The van der Waals surface area contributed by atoms with Crippen LogP contribution < -0.4 is 0 Å². The second-order valence-electron chi connectivity index (χ2n) is 5.90. The molecule has 1 aliphatic carbocycles. The van der Waals surface area contributed by atoms with Gasteiger partial charge < -0.3 is 0 Å². The van der Waals surface area contributed by atoms with Gasteiger partial charge in [-0.05, 0) is 36.8 Å². The summed E-state index contributed by atoms with van der Waals surface area (Å²) in [7, 11) is -3.89. The predicted molar refractivity (Wildman–Crippen MR) is 85.0 cm³/mol. The first-order chi connectivity index (χ1) is 11.4. The summed E-state index contributed by atoms with van der Waals surface area (Å²) < 4.78 is 39.3. The van der Waals surface area contributed by atoms with Gasteiger partial charge in [-0.2, -0.15) is 10.5 Å². The van der Waals surface area contributed by atoms with Crippen molar-refractivity contribution in [3.05, 3.63) is 65.5 Å². The zero-order chi connectivity index (χ0) is 17.5. The van der Waals surface area contributed by atoms with E-state index in [1.165, 1.54) is 30.3 Å². The summed E-state index contributed by atoms with van der Waals surface area (Å²) in [5.74, 6) is -1.40. The maximum absolute atomic E-state index is 13.5. The summed E-state index contributed by atoms with van der Waals surface area (Å²) in [6, 6.07) is 15.3. The van der Waals surface area contributed by atoms with Crippen LogP contribution in [0.1, 0.15) is 17.0 Å². The molecule has 2 aromatic carbocycles. The molecule has 1 saturated carbocycles. The molecule has 3 rings (SSSR count). The first-order valence-electron chi connectivity index (χ1n) is 7.25. The largest absolute Gasteiger partial charge is 0.223 e. The summed E-state index contributed by atoms with van der Waals surface area (Å²) in [5.41, 5.74) is -0.450. The van der Waals surface area contributed by atoms with Crippen molar-refractivity contribution < 1.29 is 12.8 Å². The van der Waals surface area contributed by atoms with E-state index in [1.807, 2.05) is 19.1 Å². The van der Waals surface area contributed by atoms with Crippen LogP contribution in [0.3, 0.4) is 0 Å². The first-order valence-corrected chi connectivity index (χ1v) is 8.80. The molecular weight excluding hydrogens is 327 g/mol. The Morgan fingerprint density at radius 1 is 1.08 bits per heavy atom. The molecule has 0 aromatic heterocycles. The van der Waals surface area contributed by atoms with Gasteiger partial charge in [0.05, 0.1) is 17.0 Å². The molecule has 120 valence electrons. The van der Waals surface area contributed by atoms with Crippen molar-refractivity contribution >= 4 is 9.84 Å². The molecule has 0 aliphatic heterocycles. The van der Waals surface area contributed by atoms with Gasteiger partial charge in [0.15, 0.2) is 15.3 Å². The van der Waals surface area contributed by atoms with Crippen molar-refractivity contribution in [1.82, 2.24) is 0 Å². The van der Waals surface area contributed by atoms with Crippen LogP contribution in [-0.2, 0) is 9.84 Å². The Morgan fingerprint density at radius 2 is 1.71 bits per heavy atom. The first kappa shape index (κ1) is 16.2. The van der Waals surface area contributed by atoms with E-state index in [-0.39, 0.29) is 4.90 Å². The predicted octanol–water partition coefficient (Wildman–Crippen LogP) is 3.11. The number of nitriles is 2. The lowest BCUT2D eigenvalue weighted by atomic mass is 10.0. The Balaban J connectivity index is 2.11. The minimum atomic E-state index is -3.89. The van der Waals surface area contributed by atoms with E-state index in [1.54, 1.807) is 18.2 Å². The van der Waals surface area contributed by atoms with Gasteiger partial charge in [0, 0.05) is 5.92 Å². The minimum absolute atomic E-state index is 0.0619. The molecule has 0 bridgehead atoms. The normalized spacial score (nSPS) is 21.5. The second-order valence-corrected chi connectivity index (χ2v) is 7.97. The molecule has 2 unspecified atom stereocenters. The Kier molecular flexibility index (Phi) is 3.66. The van der Waals surface area contributed by atoms with Gasteiger partial charge in [0.1, 0.15) is 11.1 Å². The lowest BCUT2D eigenvalue weighted by Gasteiger charge is -2.04. The molecule has 0 saturated heterocycles. The molecule has 24 heavy (non-hydrogen) atoms. The second kappa shape index (κ2) is 5.43.